The fourth-order valence-electron chi connectivity index (χ4n) is 2.23. The van der Waals surface area contributed by atoms with Gasteiger partial charge in [0, 0.05) is 32.3 Å². The summed E-state index contributed by atoms with van der Waals surface area (Å²) < 4.78 is 10.8. The van der Waals surface area contributed by atoms with Gasteiger partial charge in [0.05, 0.1) is 19.3 Å². The van der Waals surface area contributed by atoms with Crippen LogP contribution in [0.15, 0.2) is 0 Å². The van der Waals surface area contributed by atoms with Crippen LogP contribution in [0.5, 0.6) is 0 Å². The molecule has 0 spiro atoms. The quantitative estimate of drug-likeness (QED) is 0.675. The van der Waals surface area contributed by atoms with Crippen LogP contribution in [0.25, 0.3) is 0 Å². The molecule has 0 radical (unpaired) electrons. The molecule has 2 rings (SSSR count). The molecule has 14 heavy (non-hydrogen) atoms. The zero-order valence-corrected chi connectivity index (χ0v) is 8.52. The van der Waals surface area contributed by atoms with Crippen molar-refractivity contribution < 1.29 is 14.6 Å². The van der Waals surface area contributed by atoms with Gasteiger partial charge in [-0.05, 0) is 12.8 Å². The second-order valence-electron chi connectivity index (χ2n) is 4.01. The first kappa shape index (κ1) is 10.4. The van der Waals surface area contributed by atoms with Crippen LogP contribution in [-0.4, -0.2) is 61.7 Å². The minimum atomic E-state index is 0.0200. The molecule has 82 valence electrons. The number of aliphatic hydroxyl groups excluding tert-OH is 1. The summed E-state index contributed by atoms with van der Waals surface area (Å²) in [6.07, 6.45) is 2.27. The van der Waals surface area contributed by atoms with Gasteiger partial charge in [0.2, 0.25) is 0 Å². The summed E-state index contributed by atoms with van der Waals surface area (Å²) in [6, 6.07) is 0.640. The van der Waals surface area contributed by atoms with Crippen molar-refractivity contribution in [3.63, 3.8) is 0 Å². The molecule has 0 aromatic carbocycles. The zero-order chi connectivity index (χ0) is 9.80. The maximum atomic E-state index is 9.03. The number of hydrogen-bond donors (Lipinski definition) is 1. The summed E-state index contributed by atoms with van der Waals surface area (Å²) in [6.45, 7) is 4.53. The molecule has 0 saturated carbocycles. The molecule has 1 N–H and O–H groups in total. The van der Waals surface area contributed by atoms with Crippen LogP contribution >= 0.6 is 0 Å². The van der Waals surface area contributed by atoms with Crippen LogP contribution in [0.4, 0.5) is 0 Å². The fraction of sp³-hybridized carbons (Fsp3) is 1.00. The molecule has 0 aromatic rings. The Morgan fingerprint density at radius 3 is 2.71 bits per heavy atom. The van der Waals surface area contributed by atoms with Crippen LogP contribution in [-0.2, 0) is 9.47 Å². The van der Waals surface area contributed by atoms with Gasteiger partial charge < -0.3 is 14.6 Å². The largest absolute Gasteiger partial charge is 0.394 e. The number of rotatable bonds is 2. The van der Waals surface area contributed by atoms with Crippen molar-refractivity contribution in [2.75, 3.05) is 39.5 Å². The third-order valence-electron chi connectivity index (χ3n) is 3.08. The lowest BCUT2D eigenvalue weighted by molar-refractivity contribution is -0.0781. The standard InChI is InChI=1S/C10H19NO3/c12-8-10-7-11(3-6-14-10)9-1-4-13-5-2-9/h9-10,12H,1-8H2/t10-/m0/s1. The highest BCUT2D eigenvalue weighted by Gasteiger charge is 2.27. The zero-order valence-electron chi connectivity index (χ0n) is 8.52. The molecule has 4 heteroatoms. The van der Waals surface area contributed by atoms with E-state index in [1.807, 2.05) is 0 Å². The fourth-order valence-corrected chi connectivity index (χ4v) is 2.23. The predicted octanol–water partition coefficient (Wildman–Crippen LogP) is -0.141. The molecule has 2 aliphatic rings. The maximum Gasteiger partial charge on any atom is 0.0932 e. The number of ether oxygens (including phenoxy) is 2. The van der Waals surface area contributed by atoms with Gasteiger partial charge in [-0.2, -0.15) is 0 Å². The average Bonchev–Trinajstić information content (AvgIpc) is 2.30. The van der Waals surface area contributed by atoms with Crippen LogP contribution in [0, 0.1) is 0 Å². The normalized spacial score (nSPS) is 31.9. The lowest BCUT2D eigenvalue weighted by atomic mass is 10.1. The molecule has 4 nitrogen and oxygen atoms in total. The topological polar surface area (TPSA) is 41.9 Å². The molecule has 0 unspecified atom stereocenters. The van der Waals surface area contributed by atoms with Crippen molar-refractivity contribution in [3.8, 4) is 0 Å². The van der Waals surface area contributed by atoms with E-state index in [9.17, 15) is 0 Å². The SMILES string of the molecule is OC[C@@H]1CN(C2CCOCC2)CCO1. The molecule has 2 saturated heterocycles. The van der Waals surface area contributed by atoms with E-state index in [0.29, 0.717) is 6.04 Å². The van der Waals surface area contributed by atoms with E-state index in [1.165, 1.54) is 0 Å². The van der Waals surface area contributed by atoms with E-state index in [1.54, 1.807) is 0 Å². The number of nitrogens with zero attached hydrogens (tertiary/aromatic N) is 1. The average molecular weight is 201 g/mol. The predicted molar refractivity (Wildman–Crippen MR) is 52.2 cm³/mol. The minimum absolute atomic E-state index is 0.0200. The van der Waals surface area contributed by atoms with E-state index in [2.05, 4.69) is 4.90 Å². The van der Waals surface area contributed by atoms with Crippen molar-refractivity contribution in [1.82, 2.24) is 4.90 Å². The highest BCUT2D eigenvalue weighted by Crippen LogP contribution is 2.17. The molecular formula is C10H19NO3. The molecule has 2 fully saturated rings. The number of hydrogen-bond acceptors (Lipinski definition) is 4. The van der Waals surface area contributed by atoms with Crippen LogP contribution < -0.4 is 0 Å². The van der Waals surface area contributed by atoms with Crippen molar-refractivity contribution in [3.05, 3.63) is 0 Å². The van der Waals surface area contributed by atoms with Crippen LogP contribution in [0.2, 0.25) is 0 Å². The maximum absolute atomic E-state index is 9.03. The molecule has 2 heterocycles. The van der Waals surface area contributed by atoms with Gasteiger partial charge in [-0.1, -0.05) is 0 Å². The lowest BCUT2D eigenvalue weighted by Gasteiger charge is -2.39. The third-order valence-corrected chi connectivity index (χ3v) is 3.08. The first-order chi connectivity index (χ1) is 6.90. The Morgan fingerprint density at radius 2 is 2.00 bits per heavy atom. The van der Waals surface area contributed by atoms with Crippen LogP contribution in [0.1, 0.15) is 12.8 Å². The monoisotopic (exact) mass is 201 g/mol. The van der Waals surface area contributed by atoms with Gasteiger partial charge >= 0.3 is 0 Å². The summed E-state index contributed by atoms with van der Waals surface area (Å²) in [5.41, 5.74) is 0. The molecule has 0 aliphatic carbocycles. The molecule has 2 aliphatic heterocycles. The summed E-state index contributed by atoms with van der Waals surface area (Å²) in [5.74, 6) is 0. The van der Waals surface area contributed by atoms with E-state index in [-0.39, 0.29) is 12.7 Å². The van der Waals surface area contributed by atoms with Crippen molar-refractivity contribution in [1.29, 1.82) is 0 Å². The van der Waals surface area contributed by atoms with E-state index in [4.69, 9.17) is 14.6 Å². The van der Waals surface area contributed by atoms with Gasteiger partial charge in [0.1, 0.15) is 0 Å². The summed E-state index contributed by atoms with van der Waals surface area (Å²) in [7, 11) is 0. The minimum Gasteiger partial charge on any atom is -0.394 e. The first-order valence-corrected chi connectivity index (χ1v) is 5.44. The smallest absolute Gasteiger partial charge is 0.0932 e. The van der Waals surface area contributed by atoms with Crippen molar-refractivity contribution in [2.24, 2.45) is 0 Å². The Labute approximate surface area is 84.8 Å². The number of morpholine rings is 1. The van der Waals surface area contributed by atoms with Gasteiger partial charge in [-0.25, -0.2) is 0 Å². The van der Waals surface area contributed by atoms with E-state index < -0.39 is 0 Å². The van der Waals surface area contributed by atoms with Crippen LogP contribution in [0.3, 0.4) is 0 Å². The summed E-state index contributed by atoms with van der Waals surface area (Å²) >= 11 is 0. The third kappa shape index (κ3) is 2.45. The second kappa shape index (κ2) is 5.07. The molecular weight excluding hydrogens is 182 g/mol. The Balaban J connectivity index is 1.83. The highest BCUT2D eigenvalue weighted by atomic mass is 16.5. The van der Waals surface area contributed by atoms with Gasteiger partial charge in [-0.3, -0.25) is 4.90 Å². The first-order valence-electron chi connectivity index (χ1n) is 5.44. The van der Waals surface area contributed by atoms with Gasteiger partial charge in [0.25, 0.3) is 0 Å². The Morgan fingerprint density at radius 1 is 1.21 bits per heavy atom. The molecule has 0 amide bonds. The Hall–Kier alpha value is -0.160. The van der Waals surface area contributed by atoms with Gasteiger partial charge in [-0.15, -0.1) is 0 Å². The van der Waals surface area contributed by atoms with Crippen molar-refractivity contribution >= 4 is 0 Å². The Bertz CT molecular complexity index is 171. The Kier molecular flexibility index (Phi) is 3.75. The van der Waals surface area contributed by atoms with Crippen molar-refractivity contribution in [2.45, 2.75) is 25.0 Å². The molecule has 0 aromatic heterocycles. The van der Waals surface area contributed by atoms with E-state index >= 15 is 0 Å². The number of aliphatic hydroxyl groups is 1. The highest BCUT2D eigenvalue weighted by molar-refractivity contribution is 4.79. The lowest BCUT2D eigenvalue weighted by Crippen LogP contribution is -2.50. The van der Waals surface area contributed by atoms with Gasteiger partial charge in [0.15, 0.2) is 0 Å². The molecule has 0 bridgehead atoms. The van der Waals surface area contributed by atoms with E-state index in [0.717, 1.165) is 45.8 Å². The second-order valence-corrected chi connectivity index (χ2v) is 4.01. The summed E-state index contributed by atoms with van der Waals surface area (Å²) in [5, 5.41) is 9.03. The molecule has 1 atom stereocenters. The summed E-state index contributed by atoms with van der Waals surface area (Å²) in [4.78, 5) is 2.44.